The minimum absolute atomic E-state index is 0.136. The molecule has 2 aromatic carbocycles. The molecule has 4 rings (SSSR count). The number of aryl methyl sites for hydroxylation is 1. The smallest absolute Gasteiger partial charge is 0.235 e. The van der Waals surface area contributed by atoms with E-state index in [0.717, 1.165) is 16.6 Å². The molecule has 156 valence electrons. The third-order valence-electron chi connectivity index (χ3n) is 4.58. The second-order valence-electron chi connectivity index (χ2n) is 7.86. The lowest BCUT2D eigenvalue weighted by Crippen LogP contribution is -2.08. The Morgan fingerprint density at radius 1 is 1.00 bits per heavy atom. The highest BCUT2D eigenvalue weighted by atomic mass is 32.3. The van der Waals surface area contributed by atoms with E-state index in [-0.39, 0.29) is 5.78 Å². The Balaban J connectivity index is 1.57. The number of carbonyl (C=O) groups is 1. The van der Waals surface area contributed by atoms with Crippen LogP contribution in [-0.4, -0.2) is 39.1 Å². The van der Waals surface area contributed by atoms with E-state index in [1.165, 1.54) is 0 Å². The third kappa shape index (κ3) is 4.62. The van der Waals surface area contributed by atoms with Crippen LogP contribution in [0.15, 0.2) is 66.9 Å². The van der Waals surface area contributed by atoms with Crippen molar-refractivity contribution in [2.75, 3.05) is 18.8 Å². The van der Waals surface area contributed by atoms with Gasteiger partial charge in [-0.25, -0.2) is 9.97 Å². The van der Waals surface area contributed by atoms with Gasteiger partial charge in [-0.3, -0.25) is 4.79 Å². The van der Waals surface area contributed by atoms with Crippen molar-refractivity contribution >= 4 is 26.8 Å². The number of aromatic nitrogens is 3. The van der Waals surface area contributed by atoms with E-state index in [0.29, 0.717) is 23.0 Å². The van der Waals surface area contributed by atoms with E-state index in [4.69, 9.17) is 4.74 Å². The highest BCUT2D eigenvalue weighted by Gasteiger charge is 2.17. The van der Waals surface area contributed by atoms with Crippen LogP contribution in [0.5, 0.6) is 11.6 Å². The minimum atomic E-state index is -0.957. The van der Waals surface area contributed by atoms with Crippen LogP contribution < -0.4 is 4.74 Å². The van der Waals surface area contributed by atoms with E-state index in [1.54, 1.807) is 30.5 Å². The van der Waals surface area contributed by atoms with Crippen LogP contribution in [0.25, 0.3) is 11.0 Å². The van der Waals surface area contributed by atoms with E-state index < -0.39 is 10.0 Å². The molecule has 0 N–H and O–H groups in total. The summed E-state index contributed by atoms with van der Waals surface area (Å²) in [7, 11) is 0.893. The van der Waals surface area contributed by atoms with Crippen LogP contribution in [0.2, 0.25) is 0 Å². The minimum Gasteiger partial charge on any atom is -0.438 e. The summed E-state index contributed by atoms with van der Waals surface area (Å²) in [5.74, 6) is 4.49. The summed E-state index contributed by atoms with van der Waals surface area (Å²) >= 11 is 0. The van der Waals surface area contributed by atoms with Gasteiger partial charge in [0.1, 0.15) is 5.75 Å². The number of ketones is 1. The molecule has 4 aromatic rings. The number of imidazole rings is 1. The molecule has 6 heteroatoms. The molecule has 0 spiro atoms. The molecule has 2 aromatic heterocycles. The van der Waals surface area contributed by atoms with E-state index in [9.17, 15) is 4.79 Å². The van der Waals surface area contributed by atoms with Crippen molar-refractivity contribution in [2.45, 2.75) is 0 Å². The maximum Gasteiger partial charge on any atom is 0.235 e. The topological polar surface area (TPSA) is 57.0 Å². The molecule has 0 amide bonds. The Bertz CT molecular complexity index is 1320. The molecule has 0 saturated carbocycles. The van der Waals surface area contributed by atoms with Crippen LogP contribution in [0.1, 0.15) is 21.7 Å². The first-order valence-electron chi connectivity index (χ1n) is 9.72. The van der Waals surface area contributed by atoms with Crippen LogP contribution in [-0.2, 0) is 7.05 Å². The van der Waals surface area contributed by atoms with Crippen LogP contribution in [0, 0.1) is 11.2 Å². The standard InChI is InChI=1S/C25H23N3O2S/c1-28-22-10-6-5-9-21(22)27-24(28)23(29)18-11-13-20(14-12-18)30-25-19(8-7-16-26-25)15-17-31(2,3)4/h5-14,16H,1-4H3. The van der Waals surface area contributed by atoms with Crippen molar-refractivity contribution in [2.24, 2.45) is 7.05 Å². The summed E-state index contributed by atoms with van der Waals surface area (Å²) in [6.45, 7) is 0. The number of hydrogen-bond acceptors (Lipinski definition) is 4. The summed E-state index contributed by atoms with van der Waals surface area (Å²) in [5.41, 5.74) is 3.01. The average Bonchev–Trinajstić information content (AvgIpc) is 3.09. The lowest BCUT2D eigenvalue weighted by molar-refractivity contribution is 0.102. The van der Waals surface area contributed by atoms with Crippen LogP contribution in [0.4, 0.5) is 0 Å². The number of carbonyl (C=O) groups excluding carboxylic acids is 1. The van der Waals surface area contributed by atoms with Gasteiger partial charge in [-0.05, 0) is 72.6 Å². The molecule has 0 saturated heterocycles. The second kappa shape index (κ2) is 8.29. The molecule has 2 heterocycles. The molecule has 5 nitrogen and oxygen atoms in total. The third-order valence-corrected chi connectivity index (χ3v) is 5.30. The lowest BCUT2D eigenvalue weighted by Gasteiger charge is -2.15. The predicted molar refractivity (Wildman–Crippen MR) is 127 cm³/mol. The number of fused-ring (bicyclic) bond motifs is 1. The fraction of sp³-hybridized carbons (Fsp3) is 0.160. The second-order valence-corrected chi connectivity index (χ2v) is 11.7. The van der Waals surface area contributed by atoms with Crippen molar-refractivity contribution in [1.29, 1.82) is 0 Å². The van der Waals surface area contributed by atoms with Crippen LogP contribution >= 0.6 is 10.0 Å². The maximum atomic E-state index is 13.0. The van der Waals surface area contributed by atoms with Gasteiger partial charge in [-0.1, -0.05) is 18.1 Å². The Kier molecular flexibility index (Phi) is 5.53. The van der Waals surface area contributed by atoms with Gasteiger partial charge in [0.2, 0.25) is 11.7 Å². The van der Waals surface area contributed by atoms with Gasteiger partial charge in [0, 0.05) is 18.8 Å². The Labute approximate surface area is 183 Å². The highest BCUT2D eigenvalue weighted by Crippen LogP contribution is 2.33. The molecule has 0 aliphatic rings. The fourth-order valence-corrected chi connectivity index (χ4v) is 3.46. The summed E-state index contributed by atoms with van der Waals surface area (Å²) in [5, 5.41) is 3.28. The van der Waals surface area contributed by atoms with Gasteiger partial charge in [0.25, 0.3) is 0 Å². The Hall–Kier alpha value is -3.56. The molecule has 0 fully saturated rings. The van der Waals surface area contributed by atoms with Gasteiger partial charge in [0.15, 0.2) is 5.82 Å². The van der Waals surface area contributed by atoms with Gasteiger partial charge in [0.05, 0.1) is 16.6 Å². The van der Waals surface area contributed by atoms with Crippen molar-refractivity contribution in [3.63, 3.8) is 0 Å². The van der Waals surface area contributed by atoms with Crippen molar-refractivity contribution in [1.82, 2.24) is 14.5 Å². The van der Waals surface area contributed by atoms with E-state index in [1.807, 2.05) is 48.0 Å². The van der Waals surface area contributed by atoms with Crippen molar-refractivity contribution < 1.29 is 9.53 Å². The highest BCUT2D eigenvalue weighted by molar-refractivity contribution is 8.35. The molecule has 0 atom stereocenters. The monoisotopic (exact) mass is 429 g/mol. The molecule has 0 unspecified atom stereocenters. The number of pyridine rings is 1. The Morgan fingerprint density at radius 3 is 2.45 bits per heavy atom. The summed E-state index contributed by atoms with van der Waals surface area (Å²) in [6.07, 6.45) is 8.08. The molecule has 0 radical (unpaired) electrons. The zero-order chi connectivity index (χ0) is 22.0. The maximum absolute atomic E-state index is 13.0. The number of rotatable bonds is 4. The van der Waals surface area contributed by atoms with E-state index >= 15 is 0 Å². The average molecular weight is 430 g/mol. The number of hydrogen-bond donors (Lipinski definition) is 0. The quantitative estimate of drug-likeness (QED) is 0.339. The predicted octanol–water partition coefficient (Wildman–Crippen LogP) is 4.99. The SMILES string of the molecule is Cn1c(C(=O)c2ccc(Oc3ncccc3C#CS(C)(C)C)cc2)nc2ccccc21. The normalized spacial score (nSPS) is 11.6. The Morgan fingerprint density at radius 2 is 1.74 bits per heavy atom. The first-order chi connectivity index (χ1) is 14.8. The number of ether oxygens (including phenoxy) is 1. The zero-order valence-corrected chi connectivity index (χ0v) is 18.7. The van der Waals surface area contributed by atoms with Gasteiger partial charge < -0.3 is 9.30 Å². The fourth-order valence-electron chi connectivity index (χ4n) is 3.04. The lowest BCUT2D eigenvalue weighted by atomic mass is 10.1. The van der Waals surface area contributed by atoms with Gasteiger partial charge in [-0.15, -0.1) is 0 Å². The largest absolute Gasteiger partial charge is 0.438 e. The number of para-hydroxylation sites is 2. The molecule has 31 heavy (non-hydrogen) atoms. The summed E-state index contributed by atoms with van der Waals surface area (Å²) in [4.78, 5) is 21.8. The van der Waals surface area contributed by atoms with E-state index in [2.05, 4.69) is 39.9 Å². The summed E-state index contributed by atoms with van der Waals surface area (Å²) in [6, 6.07) is 18.4. The zero-order valence-electron chi connectivity index (χ0n) is 17.9. The van der Waals surface area contributed by atoms with Crippen molar-refractivity contribution in [3.8, 4) is 22.8 Å². The molecule has 0 aliphatic heterocycles. The number of benzene rings is 2. The number of nitrogens with zero attached hydrogens (tertiary/aromatic N) is 3. The molecular formula is C25H23N3O2S. The molecule has 0 aliphatic carbocycles. The first kappa shape index (κ1) is 20.7. The molecule has 0 bridgehead atoms. The summed E-state index contributed by atoms with van der Waals surface area (Å²) < 4.78 is 7.77. The van der Waals surface area contributed by atoms with Gasteiger partial charge in [-0.2, -0.15) is 10.0 Å². The van der Waals surface area contributed by atoms with Crippen molar-refractivity contribution in [3.05, 3.63) is 83.8 Å². The van der Waals surface area contributed by atoms with Gasteiger partial charge >= 0.3 is 0 Å². The van der Waals surface area contributed by atoms with Crippen LogP contribution in [0.3, 0.4) is 0 Å². The first-order valence-corrected chi connectivity index (χ1v) is 12.6. The molecular weight excluding hydrogens is 406 g/mol.